The number of amides is 1. The molecule has 0 radical (unpaired) electrons. The second-order valence-electron chi connectivity index (χ2n) is 8.46. The van der Waals surface area contributed by atoms with E-state index in [0.717, 1.165) is 16.8 Å². The molecule has 1 aliphatic heterocycles. The van der Waals surface area contributed by atoms with Crippen LogP contribution in [0.15, 0.2) is 48.5 Å². The highest BCUT2D eigenvalue weighted by Crippen LogP contribution is 2.70. The highest BCUT2D eigenvalue weighted by atomic mass is 16.5. The first kappa shape index (κ1) is 18.2. The number of hydrogen-bond donors (Lipinski definition) is 0. The Morgan fingerprint density at radius 2 is 1.82 bits per heavy atom. The van der Waals surface area contributed by atoms with Crippen LogP contribution in [0.5, 0.6) is 0 Å². The summed E-state index contributed by atoms with van der Waals surface area (Å²) >= 11 is 0. The molecule has 142 valence electrons. The average molecular weight is 374 g/mol. The average Bonchev–Trinajstić information content (AvgIpc) is 3.26. The van der Waals surface area contributed by atoms with Gasteiger partial charge in [0.05, 0.1) is 24.8 Å². The topological polar surface area (TPSA) is 70.4 Å². The van der Waals surface area contributed by atoms with E-state index in [2.05, 4.69) is 6.07 Å². The zero-order valence-electron chi connectivity index (χ0n) is 16.4. The molecule has 1 heterocycles. The third-order valence-electron chi connectivity index (χ3n) is 5.83. The van der Waals surface area contributed by atoms with Gasteiger partial charge in [-0.25, -0.2) is 0 Å². The summed E-state index contributed by atoms with van der Waals surface area (Å²) in [5, 5.41) is 9.31. The molecule has 5 nitrogen and oxygen atoms in total. The van der Waals surface area contributed by atoms with Crippen molar-refractivity contribution in [3.8, 4) is 6.07 Å². The Kier molecular flexibility index (Phi) is 3.87. The van der Waals surface area contributed by atoms with E-state index in [1.165, 1.54) is 7.11 Å². The summed E-state index contributed by atoms with van der Waals surface area (Å²) in [6.45, 7) is 5.59. The van der Waals surface area contributed by atoms with Crippen molar-refractivity contribution in [2.24, 2.45) is 5.41 Å². The maximum atomic E-state index is 13.4. The maximum absolute atomic E-state index is 13.4. The molecule has 0 spiro atoms. The number of carbonyl (C=O) groups excluding carboxylic acids is 2. The first-order valence-electron chi connectivity index (χ1n) is 9.30. The fraction of sp³-hybridized carbons (Fsp3) is 0.348. The van der Waals surface area contributed by atoms with Gasteiger partial charge < -0.3 is 9.64 Å². The van der Waals surface area contributed by atoms with Crippen molar-refractivity contribution in [3.63, 3.8) is 0 Å². The van der Waals surface area contributed by atoms with Gasteiger partial charge in [-0.3, -0.25) is 9.59 Å². The number of nitriles is 1. The second kappa shape index (κ2) is 5.93. The number of hydrogen-bond acceptors (Lipinski definition) is 4. The highest BCUT2D eigenvalue weighted by molar-refractivity contribution is 6.07. The largest absolute Gasteiger partial charge is 0.468 e. The lowest BCUT2D eigenvalue weighted by molar-refractivity contribution is -0.144. The predicted molar refractivity (Wildman–Crippen MR) is 105 cm³/mol. The minimum Gasteiger partial charge on any atom is -0.468 e. The molecular weight excluding hydrogens is 352 g/mol. The summed E-state index contributed by atoms with van der Waals surface area (Å²) in [6.07, 6.45) is 0. The predicted octanol–water partition coefficient (Wildman–Crippen LogP) is 3.53. The Morgan fingerprint density at radius 3 is 2.39 bits per heavy atom. The van der Waals surface area contributed by atoms with Crippen LogP contribution in [0.3, 0.4) is 0 Å². The van der Waals surface area contributed by atoms with Gasteiger partial charge in [0.1, 0.15) is 5.41 Å². The van der Waals surface area contributed by atoms with E-state index in [9.17, 15) is 14.9 Å². The zero-order chi connectivity index (χ0) is 20.3. The number of fused-ring (bicyclic) bond motifs is 3. The molecule has 1 aliphatic carbocycles. The van der Waals surface area contributed by atoms with E-state index in [4.69, 9.17) is 4.74 Å². The van der Waals surface area contributed by atoms with Crippen molar-refractivity contribution in [2.45, 2.75) is 38.1 Å². The monoisotopic (exact) mass is 374 g/mol. The number of carbonyl (C=O) groups is 2. The van der Waals surface area contributed by atoms with Crippen LogP contribution in [0.1, 0.15) is 43.4 Å². The van der Waals surface area contributed by atoms with Gasteiger partial charge >= 0.3 is 5.97 Å². The molecule has 5 heteroatoms. The molecule has 0 aromatic heterocycles. The van der Waals surface area contributed by atoms with E-state index in [1.54, 1.807) is 17.0 Å². The first-order valence-corrected chi connectivity index (χ1v) is 9.30. The van der Waals surface area contributed by atoms with Crippen molar-refractivity contribution in [1.29, 1.82) is 5.26 Å². The molecule has 2 aromatic rings. The minimum absolute atomic E-state index is 0.0713. The fourth-order valence-corrected chi connectivity index (χ4v) is 4.57. The quantitative estimate of drug-likeness (QED) is 0.754. The van der Waals surface area contributed by atoms with Crippen LogP contribution >= 0.6 is 0 Å². The van der Waals surface area contributed by atoms with Gasteiger partial charge in [0.25, 0.3) is 0 Å². The van der Waals surface area contributed by atoms with Crippen molar-refractivity contribution in [2.75, 3.05) is 12.0 Å². The lowest BCUT2D eigenvalue weighted by Gasteiger charge is -2.32. The number of rotatable bonds is 2. The highest BCUT2D eigenvalue weighted by Gasteiger charge is 2.78. The van der Waals surface area contributed by atoms with E-state index < -0.39 is 10.8 Å². The van der Waals surface area contributed by atoms with Gasteiger partial charge in [-0.05, 0) is 23.3 Å². The third-order valence-corrected chi connectivity index (χ3v) is 5.83. The Bertz CT molecular complexity index is 1020. The standard InChI is InChI=1S/C23H22N2O3/c1-22(2,3)20(26)25-17-12-14(13-24)10-11-16(17)18-19(25)23(18,21(27)28-4)15-8-6-5-7-9-15/h5-12,18-19H,1-4H3/t18-,19+,23+/m1/s1. The smallest absolute Gasteiger partial charge is 0.319 e. The number of benzene rings is 2. The number of ether oxygens (including phenoxy) is 1. The Labute approximate surface area is 164 Å². The van der Waals surface area contributed by atoms with Gasteiger partial charge in [-0.2, -0.15) is 5.26 Å². The Balaban J connectivity index is 1.95. The van der Waals surface area contributed by atoms with Crippen LogP contribution in [0.4, 0.5) is 5.69 Å². The van der Waals surface area contributed by atoms with Crippen LogP contribution < -0.4 is 4.90 Å². The zero-order valence-corrected chi connectivity index (χ0v) is 16.4. The molecule has 0 bridgehead atoms. The summed E-state index contributed by atoms with van der Waals surface area (Å²) in [4.78, 5) is 28.2. The van der Waals surface area contributed by atoms with E-state index in [0.29, 0.717) is 5.56 Å². The number of nitrogens with zero attached hydrogens (tertiary/aromatic N) is 2. The van der Waals surface area contributed by atoms with Gasteiger partial charge in [0, 0.05) is 17.0 Å². The number of anilines is 1. The molecule has 0 N–H and O–H groups in total. The summed E-state index contributed by atoms with van der Waals surface area (Å²) in [7, 11) is 1.39. The van der Waals surface area contributed by atoms with Crippen molar-refractivity contribution in [3.05, 3.63) is 65.2 Å². The molecule has 0 saturated heterocycles. The Hall–Kier alpha value is -3.13. The van der Waals surface area contributed by atoms with Crippen LogP contribution in [0.25, 0.3) is 0 Å². The molecule has 28 heavy (non-hydrogen) atoms. The fourth-order valence-electron chi connectivity index (χ4n) is 4.57. The molecular formula is C23H22N2O3. The molecule has 2 aromatic carbocycles. The molecule has 2 aliphatic rings. The Morgan fingerprint density at radius 1 is 1.14 bits per heavy atom. The molecule has 1 fully saturated rings. The van der Waals surface area contributed by atoms with Crippen LogP contribution in [-0.4, -0.2) is 25.0 Å². The van der Waals surface area contributed by atoms with Crippen LogP contribution in [0.2, 0.25) is 0 Å². The summed E-state index contributed by atoms with van der Waals surface area (Å²) in [6, 6.07) is 16.7. The molecule has 1 amide bonds. The van der Waals surface area contributed by atoms with Gasteiger partial charge in [0.15, 0.2) is 0 Å². The molecule has 3 atom stereocenters. The van der Waals surface area contributed by atoms with E-state index in [1.807, 2.05) is 57.2 Å². The molecule has 4 rings (SSSR count). The summed E-state index contributed by atoms with van der Waals surface area (Å²) in [5.41, 5.74) is 1.43. The lowest BCUT2D eigenvalue weighted by Crippen LogP contribution is -2.45. The van der Waals surface area contributed by atoms with Gasteiger partial charge in [0.2, 0.25) is 5.91 Å². The number of esters is 1. The van der Waals surface area contributed by atoms with Crippen molar-refractivity contribution < 1.29 is 14.3 Å². The summed E-state index contributed by atoms with van der Waals surface area (Å²) < 4.78 is 5.21. The minimum atomic E-state index is -0.919. The molecule has 0 unspecified atom stereocenters. The maximum Gasteiger partial charge on any atom is 0.319 e. The molecule has 1 saturated carbocycles. The van der Waals surface area contributed by atoms with Crippen LogP contribution in [0, 0.1) is 16.7 Å². The lowest BCUT2D eigenvalue weighted by atomic mass is 9.87. The van der Waals surface area contributed by atoms with Gasteiger partial charge in [-0.1, -0.05) is 57.2 Å². The number of methoxy groups -OCH3 is 1. The van der Waals surface area contributed by atoms with E-state index in [-0.39, 0.29) is 23.8 Å². The summed E-state index contributed by atoms with van der Waals surface area (Å²) in [5.74, 6) is -0.593. The second-order valence-corrected chi connectivity index (χ2v) is 8.46. The van der Waals surface area contributed by atoms with Crippen molar-refractivity contribution in [1.82, 2.24) is 0 Å². The van der Waals surface area contributed by atoms with Crippen LogP contribution in [-0.2, 0) is 19.7 Å². The third kappa shape index (κ3) is 2.24. The van der Waals surface area contributed by atoms with Gasteiger partial charge in [-0.15, -0.1) is 0 Å². The normalized spacial score (nSPS) is 24.8. The van der Waals surface area contributed by atoms with E-state index >= 15 is 0 Å². The SMILES string of the molecule is COC(=O)[C@@]1(c2ccccc2)[C@@H]2c3ccc(C#N)cc3N(C(=O)C(C)(C)C)[C@@H]21. The first-order chi connectivity index (χ1) is 13.3. The van der Waals surface area contributed by atoms with Crippen molar-refractivity contribution >= 4 is 17.6 Å².